The van der Waals surface area contributed by atoms with Crippen LogP contribution in [0.15, 0.2) is 29.2 Å². The first kappa shape index (κ1) is 14.3. The monoisotopic (exact) mass is 283 g/mol. The van der Waals surface area contributed by atoms with E-state index in [0.29, 0.717) is 5.92 Å². The van der Waals surface area contributed by atoms with Crippen molar-refractivity contribution in [1.82, 2.24) is 0 Å². The van der Waals surface area contributed by atoms with Gasteiger partial charge >= 0.3 is 0 Å². The number of hydrogen-bond donors (Lipinski definition) is 2. The van der Waals surface area contributed by atoms with Crippen LogP contribution in [0.1, 0.15) is 19.8 Å². The number of sulfonamides is 1. The van der Waals surface area contributed by atoms with E-state index in [-0.39, 0.29) is 10.9 Å². The first-order valence-electron chi connectivity index (χ1n) is 6.51. The lowest BCUT2D eigenvalue weighted by Gasteiger charge is -2.35. The molecule has 1 atom stereocenters. The molecule has 0 amide bonds. The minimum Gasteiger partial charge on any atom is -0.372 e. The molecule has 4 N–H and O–H groups in total. The summed E-state index contributed by atoms with van der Waals surface area (Å²) in [6, 6.07) is 6.98. The molecule has 0 bridgehead atoms. The molecule has 1 saturated heterocycles. The Kier molecular flexibility index (Phi) is 4.13. The first-order valence-corrected chi connectivity index (χ1v) is 8.06. The number of primary sulfonamides is 1. The average Bonchev–Trinajstić information content (AvgIpc) is 2.38. The predicted octanol–water partition coefficient (Wildman–Crippen LogP) is 0.898. The van der Waals surface area contributed by atoms with Gasteiger partial charge in [0.25, 0.3) is 0 Å². The van der Waals surface area contributed by atoms with E-state index in [4.69, 9.17) is 10.9 Å². The van der Waals surface area contributed by atoms with Gasteiger partial charge in [-0.25, -0.2) is 13.6 Å². The molecule has 5 nitrogen and oxygen atoms in total. The van der Waals surface area contributed by atoms with Crippen molar-refractivity contribution < 1.29 is 8.42 Å². The summed E-state index contributed by atoms with van der Waals surface area (Å²) in [7, 11) is -3.61. The summed E-state index contributed by atoms with van der Waals surface area (Å²) in [6.07, 6.45) is 2.16. The van der Waals surface area contributed by atoms with Crippen molar-refractivity contribution in [3.63, 3.8) is 0 Å². The lowest BCUT2D eigenvalue weighted by atomic mass is 9.91. The predicted molar refractivity (Wildman–Crippen MR) is 76.4 cm³/mol. The van der Waals surface area contributed by atoms with Crippen LogP contribution < -0.4 is 15.8 Å². The van der Waals surface area contributed by atoms with Crippen molar-refractivity contribution in [3.8, 4) is 0 Å². The topological polar surface area (TPSA) is 89.4 Å². The maximum Gasteiger partial charge on any atom is 0.238 e. The fraction of sp³-hybridized carbons (Fsp3) is 0.538. The van der Waals surface area contributed by atoms with Gasteiger partial charge in [-0.2, -0.15) is 0 Å². The van der Waals surface area contributed by atoms with E-state index in [2.05, 4.69) is 11.8 Å². The van der Waals surface area contributed by atoms with Crippen LogP contribution in [0, 0.1) is 5.92 Å². The molecule has 1 heterocycles. The lowest BCUT2D eigenvalue weighted by molar-refractivity contribution is 0.354. The molecule has 1 aromatic carbocycles. The van der Waals surface area contributed by atoms with Crippen LogP contribution in [0.5, 0.6) is 0 Å². The van der Waals surface area contributed by atoms with Gasteiger partial charge in [0.15, 0.2) is 0 Å². The Hall–Kier alpha value is -1.11. The summed E-state index contributed by atoms with van der Waals surface area (Å²) >= 11 is 0. The molecule has 2 rings (SSSR count). The average molecular weight is 283 g/mol. The first-order chi connectivity index (χ1) is 8.88. The van der Waals surface area contributed by atoms with Gasteiger partial charge in [0.2, 0.25) is 10.0 Å². The van der Waals surface area contributed by atoms with Crippen LogP contribution in [-0.4, -0.2) is 27.5 Å². The fourth-order valence-electron chi connectivity index (χ4n) is 2.53. The molecule has 106 valence electrons. The van der Waals surface area contributed by atoms with Gasteiger partial charge in [-0.05, 0) is 49.9 Å². The summed E-state index contributed by atoms with van der Waals surface area (Å²) in [5.41, 5.74) is 6.96. The minimum atomic E-state index is -3.61. The number of hydrogen-bond acceptors (Lipinski definition) is 4. The molecular formula is C13H21N3O2S. The minimum absolute atomic E-state index is 0.154. The zero-order valence-corrected chi connectivity index (χ0v) is 11.9. The number of nitrogens with two attached hydrogens (primary N) is 2. The molecule has 0 spiro atoms. The smallest absolute Gasteiger partial charge is 0.238 e. The summed E-state index contributed by atoms with van der Waals surface area (Å²) in [5.74, 6) is 0.583. The highest BCUT2D eigenvalue weighted by Gasteiger charge is 2.22. The third kappa shape index (κ3) is 3.46. The van der Waals surface area contributed by atoms with Crippen LogP contribution >= 0.6 is 0 Å². The highest BCUT2D eigenvalue weighted by molar-refractivity contribution is 7.89. The molecule has 1 fully saturated rings. The summed E-state index contributed by atoms with van der Waals surface area (Å²) in [5, 5.41) is 5.08. The Morgan fingerprint density at radius 3 is 2.16 bits per heavy atom. The summed E-state index contributed by atoms with van der Waals surface area (Å²) in [4.78, 5) is 2.41. The fourth-order valence-corrected chi connectivity index (χ4v) is 3.05. The van der Waals surface area contributed by atoms with E-state index in [1.165, 1.54) is 0 Å². The second-order valence-corrected chi connectivity index (χ2v) is 6.78. The molecule has 1 aliphatic rings. The van der Waals surface area contributed by atoms with Crippen molar-refractivity contribution in [3.05, 3.63) is 24.3 Å². The van der Waals surface area contributed by atoms with Gasteiger partial charge in [0.05, 0.1) is 4.90 Å². The van der Waals surface area contributed by atoms with Gasteiger partial charge < -0.3 is 10.6 Å². The Labute approximate surface area is 114 Å². The molecule has 1 aromatic rings. The Bertz CT molecular complexity index is 517. The van der Waals surface area contributed by atoms with E-state index >= 15 is 0 Å². The molecule has 0 saturated carbocycles. The molecule has 1 unspecified atom stereocenters. The molecule has 0 aromatic heterocycles. The summed E-state index contributed by atoms with van der Waals surface area (Å²) in [6.45, 7) is 3.98. The van der Waals surface area contributed by atoms with Gasteiger partial charge in [-0.1, -0.05) is 0 Å². The zero-order valence-electron chi connectivity index (χ0n) is 11.1. The molecule has 6 heteroatoms. The number of rotatable bonds is 3. The number of benzene rings is 1. The standard InChI is InChI=1S/C13H21N3O2S/c1-10(14)11-6-8-16(9-7-11)12-2-4-13(5-3-12)19(15,17)18/h2-5,10-11H,6-9,14H2,1H3,(H2,15,17,18). The molecule has 0 radical (unpaired) electrons. The van der Waals surface area contributed by atoms with Gasteiger partial charge in [0.1, 0.15) is 0 Å². The molecule has 19 heavy (non-hydrogen) atoms. The normalized spacial score (nSPS) is 19.4. The molecule has 1 aliphatic heterocycles. The molecule has 0 aliphatic carbocycles. The van der Waals surface area contributed by atoms with Gasteiger partial charge in [-0.3, -0.25) is 0 Å². The van der Waals surface area contributed by atoms with Crippen LogP contribution in [0.3, 0.4) is 0 Å². The number of piperidine rings is 1. The SMILES string of the molecule is CC(N)C1CCN(c2ccc(S(N)(=O)=O)cc2)CC1. The van der Waals surface area contributed by atoms with Crippen LogP contribution in [-0.2, 0) is 10.0 Å². The highest BCUT2D eigenvalue weighted by atomic mass is 32.2. The van der Waals surface area contributed by atoms with Crippen molar-refractivity contribution in [2.45, 2.75) is 30.7 Å². The Morgan fingerprint density at radius 1 is 1.21 bits per heavy atom. The van der Waals surface area contributed by atoms with E-state index in [1.54, 1.807) is 12.1 Å². The highest BCUT2D eigenvalue weighted by Crippen LogP contribution is 2.25. The van der Waals surface area contributed by atoms with Crippen molar-refractivity contribution in [2.75, 3.05) is 18.0 Å². The largest absolute Gasteiger partial charge is 0.372 e. The Balaban J connectivity index is 2.04. The van der Waals surface area contributed by atoms with Crippen molar-refractivity contribution in [1.29, 1.82) is 0 Å². The van der Waals surface area contributed by atoms with Crippen LogP contribution in [0.2, 0.25) is 0 Å². The third-order valence-corrected chi connectivity index (χ3v) is 4.74. The summed E-state index contributed by atoms with van der Waals surface area (Å²) < 4.78 is 22.4. The van der Waals surface area contributed by atoms with Crippen molar-refractivity contribution in [2.24, 2.45) is 16.8 Å². The zero-order chi connectivity index (χ0) is 14.0. The maximum atomic E-state index is 11.2. The van der Waals surface area contributed by atoms with Crippen LogP contribution in [0.25, 0.3) is 0 Å². The van der Waals surface area contributed by atoms with Crippen LogP contribution in [0.4, 0.5) is 5.69 Å². The second kappa shape index (κ2) is 5.48. The van der Waals surface area contributed by atoms with Gasteiger partial charge in [-0.15, -0.1) is 0 Å². The second-order valence-electron chi connectivity index (χ2n) is 5.22. The lowest BCUT2D eigenvalue weighted by Crippen LogP contribution is -2.39. The third-order valence-electron chi connectivity index (χ3n) is 3.81. The van der Waals surface area contributed by atoms with Gasteiger partial charge in [0, 0.05) is 24.8 Å². The maximum absolute atomic E-state index is 11.2. The van der Waals surface area contributed by atoms with E-state index in [0.717, 1.165) is 31.6 Å². The Morgan fingerprint density at radius 2 is 1.74 bits per heavy atom. The quantitative estimate of drug-likeness (QED) is 0.862. The molecular weight excluding hydrogens is 262 g/mol. The van der Waals surface area contributed by atoms with Crippen molar-refractivity contribution >= 4 is 15.7 Å². The van der Waals surface area contributed by atoms with E-state index in [1.807, 2.05) is 12.1 Å². The van der Waals surface area contributed by atoms with E-state index < -0.39 is 10.0 Å². The number of nitrogens with zero attached hydrogens (tertiary/aromatic N) is 1. The van der Waals surface area contributed by atoms with E-state index in [9.17, 15) is 8.42 Å². The number of anilines is 1.